The molecule has 1 amide bonds. The smallest absolute Gasteiger partial charge is 0.234 e. The number of hydrogen-bond donors (Lipinski definition) is 2. The van der Waals surface area contributed by atoms with Gasteiger partial charge >= 0.3 is 0 Å². The summed E-state index contributed by atoms with van der Waals surface area (Å²) in [5, 5.41) is 7.44. The molecule has 1 atom stereocenters. The molecule has 1 aliphatic carbocycles. The number of piperidine rings is 1. The molecular formula is C19H28ClN3O. The predicted molar refractivity (Wildman–Crippen MR) is 98.2 cm³/mol. The predicted octanol–water partition coefficient (Wildman–Crippen LogP) is 2.98. The van der Waals surface area contributed by atoms with Crippen LogP contribution < -0.4 is 10.6 Å². The second kappa shape index (κ2) is 8.32. The second-order valence-electron chi connectivity index (χ2n) is 7.21. The molecular weight excluding hydrogens is 322 g/mol. The Morgan fingerprint density at radius 3 is 2.62 bits per heavy atom. The number of hydrogen-bond acceptors (Lipinski definition) is 3. The van der Waals surface area contributed by atoms with E-state index in [1.54, 1.807) is 0 Å². The Kier molecular flexibility index (Phi) is 6.14. The van der Waals surface area contributed by atoms with Gasteiger partial charge in [0, 0.05) is 24.2 Å². The van der Waals surface area contributed by atoms with Gasteiger partial charge < -0.3 is 10.6 Å². The normalized spacial score (nSPS) is 20.8. The minimum absolute atomic E-state index is 0.0658. The van der Waals surface area contributed by atoms with Crippen molar-refractivity contribution < 1.29 is 4.79 Å². The lowest BCUT2D eigenvalue weighted by molar-refractivity contribution is -0.123. The van der Waals surface area contributed by atoms with Crippen LogP contribution in [0.4, 0.5) is 0 Å². The number of amides is 1. The lowest BCUT2D eigenvalue weighted by Gasteiger charge is -2.32. The summed E-state index contributed by atoms with van der Waals surface area (Å²) in [6.45, 7) is 5.63. The molecule has 132 valence electrons. The first-order chi connectivity index (χ1) is 11.6. The molecule has 0 spiro atoms. The van der Waals surface area contributed by atoms with Crippen molar-refractivity contribution in [3.8, 4) is 0 Å². The van der Waals surface area contributed by atoms with Gasteiger partial charge in [-0.15, -0.1) is 0 Å². The molecule has 1 heterocycles. The summed E-state index contributed by atoms with van der Waals surface area (Å²) in [6, 6.07) is 8.24. The summed E-state index contributed by atoms with van der Waals surface area (Å²) in [7, 11) is 0. The van der Waals surface area contributed by atoms with E-state index in [4.69, 9.17) is 11.6 Å². The maximum atomic E-state index is 12.3. The average molecular weight is 350 g/mol. The number of nitrogens with zero attached hydrogens (tertiary/aromatic N) is 1. The third-order valence-corrected chi connectivity index (χ3v) is 5.44. The molecule has 1 aromatic rings. The number of carbonyl (C=O) groups excluding carboxylic acids is 1. The minimum atomic E-state index is -0.0658. The van der Waals surface area contributed by atoms with Crippen LogP contribution in [0.25, 0.3) is 0 Å². The van der Waals surface area contributed by atoms with Crippen molar-refractivity contribution in [3.63, 3.8) is 0 Å². The SMILES string of the molecule is CC(NC(=O)CN1CCC(NCC2CC2)CC1)c1ccccc1Cl. The molecule has 2 aliphatic rings. The quantitative estimate of drug-likeness (QED) is 0.795. The van der Waals surface area contributed by atoms with Gasteiger partial charge in [0.15, 0.2) is 0 Å². The fraction of sp³-hybridized carbons (Fsp3) is 0.632. The maximum Gasteiger partial charge on any atom is 0.234 e. The Morgan fingerprint density at radius 1 is 1.25 bits per heavy atom. The Bertz CT molecular complexity index is 553. The molecule has 1 aromatic carbocycles. The van der Waals surface area contributed by atoms with Crippen LogP contribution in [-0.4, -0.2) is 43.0 Å². The Morgan fingerprint density at radius 2 is 1.96 bits per heavy atom. The van der Waals surface area contributed by atoms with E-state index in [0.717, 1.165) is 37.4 Å². The van der Waals surface area contributed by atoms with Crippen molar-refractivity contribution in [2.45, 2.75) is 44.7 Å². The summed E-state index contributed by atoms with van der Waals surface area (Å²) in [6.07, 6.45) is 5.07. The molecule has 5 heteroatoms. The van der Waals surface area contributed by atoms with E-state index in [1.165, 1.54) is 19.4 Å². The van der Waals surface area contributed by atoms with E-state index in [9.17, 15) is 4.79 Å². The largest absolute Gasteiger partial charge is 0.348 e. The van der Waals surface area contributed by atoms with E-state index >= 15 is 0 Å². The summed E-state index contributed by atoms with van der Waals surface area (Å²) in [4.78, 5) is 14.6. The second-order valence-corrected chi connectivity index (χ2v) is 7.62. The molecule has 24 heavy (non-hydrogen) atoms. The topological polar surface area (TPSA) is 44.4 Å². The number of nitrogens with one attached hydrogen (secondary N) is 2. The molecule has 1 aliphatic heterocycles. The number of benzene rings is 1. The van der Waals surface area contributed by atoms with Crippen LogP contribution in [0.3, 0.4) is 0 Å². The highest BCUT2D eigenvalue weighted by Gasteiger charge is 2.25. The fourth-order valence-corrected chi connectivity index (χ4v) is 3.64. The summed E-state index contributed by atoms with van der Waals surface area (Å²) in [5.41, 5.74) is 0.968. The third kappa shape index (κ3) is 5.20. The molecule has 1 unspecified atom stereocenters. The standard InChI is InChI=1S/C19H28ClN3O/c1-14(17-4-2-3-5-18(17)20)22-19(24)13-23-10-8-16(9-11-23)21-12-15-6-7-15/h2-5,14-16,21H,6-13H2,1H3,(H,22,24). The fourth-order valence-electron chi connectivity index (χ4n) is 3.34. The Labute approximate surface area is 149 Å². The van der Waals surface area contributed by atoms with Crippen LogP contribution in [0.2, 0.25) is 5.02 Å². The Hall–Kier alpha value is -1.10. The van der Waals surface area contributed by atoms with Gasteiger partial charge in [0.1, 0.15) is 0 Å². The van der Waals surface area contributed by atoms with Crippen LogP contribution in [0.5, 0.6) is 0 Å². The van der Waals surface area contributed by atoms with Crippen molar-refractivity contribution in [2.24, 2.45) is 5.92 Å². The van der Waals surface area contributed by atoms with Gasteiger partial charge in [-0.2, -0.15) is 0 Å². The van der Waals surface area contributed by atoms with Gasteiger partial charge in [0.2, 0.25) is 5.91 Å². The number of likely N-dealkylation sites (tertiary alicyclic amines) is 1. The minimum Gasteiger partial charge on any atom is -0.348 e. The molecule has 0 bridgehead atoms. The van der Waals surface area contributed by atoms with Crippen LogP contribution in [-0.2, 0) is 4.79 Å². The number of carbonyl (C=O) groups is 1. The van der Waals surface area contributed by atoms with Crippen molar-refractivity contribution >= 4 is 17.5 Å². The third-order valence-electron chi connectivity index (χ3n) is 5.10. The number of halogens is 1. The van der Waals surface area contributed by atoms with Crippen molar-refractivity contribution in [1.82, 2.24) is 15.5 Å². The van der Waals surface area contributed by atoms with Gasteiger partial charge in [-0.3, -0.25) is 9.69 Å². The Balaban J connectivity index is 1.38. The van der Waals surface area contributed by atoms with Crippen molar-refractivity contribution in [1.29, 1.82) is 0 Å². The first kappa shape index (κ1) is 17.7. The summed E-state index contributed by atoms with van der Waals surface area (Å²) >= 11 is 6.20. The summed E-state index contributed by atoms with van der Waals surface area (Å²) < 4.78 is 0. The van der Waals surface area contributed by atoms with E-state index in [1.807, 2.05) is 31.2 Å². The van der Waals surface area contributed by atoms with Gasteiger partial charge in [-0.05, 0) is 56.7 Å². The lowest BCUT2D eigenvalue weighted by atomic mass is 10.0. The van der Waals surface area contributed by atoms with Crippen molar-refractivity contribution in [3.05, 3.63) is 34.9 Å². The van der Waals surface area contributed by atoms with Gasteiger partial charge in [-0.1, -0.05) is 29.8 Å². The number of rotatable bonds is 7. The highest BCUT2D eigenvalue weighted by molar-refractivity contribution is 6.31. The molecule has 3 rings (SSSR count). The van der Waals surface area contributed by atoms with E-state index < -0.39 is 0 Å². The lowest BCUT2D eigenvalue weighted by Crippen LogP contribution is -2.46. The molecule has 0 aromatic heterocycles. The molecule has 2 N–H and O–H groups in total. The molecule has 4 nitrogen and oxygen atoms in total. The monoisotopic (exact) mass is 349 g/mol. The van der Waals surface area contributed by atoms with Gasteiger partial charge in [-0.25, -0.2) is 0 Å². The highest BCUT2D eigenvalue weighted by Crippen LogP contribution is 2.28. The zero-order valence-corrected chi connectivity index (χ0v) is 15.2. The molecule has 1 saturated carbocycles. The highest BCUT2D eigenvalue weighted by atomic mass is 35.5. The van der Waals surface area contributed by atoms with Gasteiger partial charge in [0.25, 0.3) is 0 Å². The first-order valence-electron chi connectivity index (χ1n) is 9.11. The van der Waals surface area contributed by atoms with E-state index in [-0.39, 0.29) is 11.9 Å². The zero-order valence-electron chi connectivity index (χ0n) is 14.4. The maximum absolute atomic E-state index is 12.3. The summed E-state index contributed by atoms with van der Waals surface area (Å²) in [5.74, 6) is 1.01. The van der Waals surface area contributed by atoms with Crippen LogP contribution in [0.15, 0.2) is 24.3 Å². The van der Waals surface area contributed by atoms with Crippen LogP contribution in [0.1, 0.15) is 44.2 Å². The molecule has 2 fully saturated rings. The van der Waals surface area contributed by atoms with Crippen LogP contribution >= 0.6 is 11.6 Å². The molecule has 0 radical (unpaired) electrons. The van der Waals surface area contributed by atoms with Gasteiger partial charge in [0.05, 0.1) is 12.6 Å². The van der Waals surface area contributed by atoms with Crippen molar-refractivity contribution in [2.75, 3.05) is 26.2 Å². The zero-order chi connectivity index (χ0) is 16.9. The van der Waals surface area contributed by atoms with E-state index in [0.29, 0.717) is 17.6 Å². The molecule has 1 saturated heterocycles. The average Bonchev–Trinajstić information content (AvgIpc) is 3.39. The van der Waals surface area contributed by atoms with Crippen LogP contribution in [0, 0.1) is 5.92 Å². The first-order valence-corrected chi connectivity index (χ1v) is 9.49. The van der Waals surface area contributed by atoms with E-state index in [2.05, 4.69) is 15.5 Å².